The third kappa shape index (κ3) is 11.5. The van der Waals surface area contributed by atoms with E-state index < -0.39 is 21.8 Å². The molecule has 0 aromatic heterocycles. The number of likely N-dealkylation sites (N-methyl/N-ethyl adjacent to an activating group) is 1. The molecule has 0 atom stereocenters. The van der Waals surface area contributed by atoms with Gasteiger partial charge in [-0.3, -0.25) is 14.1 Å². The summed E-state index contributed by atoms with van der Waals surface area (Å²) in [5, 5.41) is 13.7. The summed E-state index contributed by atoms with van der Waals surface area (Å²) < 4.78 is 31.0. The van der Waals surface area contributed by atoms with Crippen molar-refractivity contribution < 1.29 is 27.0 Å². The van der Waals surface area contributed by atoms with Crippen molar-refractivity contribution in [3.63, 3.8) is 0 Å². The molecule has 0 aliphatic carbocycles. The minimum atomic E-state index is -4.39. The van der Waals surface area contributed by atoms with E-state index in [2.05, 4.69) is 55.5 Å². The van der Waals surface area contributed by atoms with E-state index in [1.165, 1.54) is 0 Å². The molecule has 10 nitrogen and oxygen atoms in total. The summed E-state index contributed by atoms with van der Waals surface area (Å²) in [7, 11) is -4.39. The summed E-state index contributed by atoms with van der Waals surface area (Å²) in [6, 6.07) is 13.4. The van der Waals surface area contributed by atoms with Crippen LogP contribution in [-0.2, 0) is 19.7 Å². The smallest absolute Gasteiger partial charge is 0.279 e. The lowest BCUT2D eigenvalue weighted by molar-refractivity contribution is -0.917. The van der Waals surface area contributed by atoms with Crippen LogP contribution in [0.5, 0.6) is 0 Å². The first-order valence-electron chi connectivity index (χ1n) is 12.7. The Morgan fingerprint density at radius 1 is 0.842 bits per heavy atom. The maximum atomic E-state index is 12.8. The molecule has 0 saturated carbocycles. The first-order chi connectivity index (χ1) is 17.7. The fourth-order valence-corrected chi connectivity index (χ4v) is 4.40. The summed E-state index contributed by atoms with van der Waals surface area (Å²) in [6.45, 7) is 14.2. The summed E-state index contributed by atoms with van der Waals surface area (Å²) in [6.07, 6.45) is 2.21. The Morgan fingerprint density at radius 3 is 1.68 bits per heavy atom. The number of amides is 2. The Bertz CT molecular complexity index is 1200. The molecule has 0 aliphatic heterocycles. The number of hydrogen-bond acceptors (Lipinski definition) is 6. The molecule has 2 aromatic carbocycles. The number of hydrogen-bond donors (Lipinski definition) is 3. The van der Waals surface area contributed by atoms with Crippen LogP contribution in [0.1, 0.15) is 47.5 Å². The largest absolute Gasteiger partial charge is 0.325 e. The molecule has 0 unspecified atom stereocenters. The molecule has 2 rings (SSSR count). The van der Waals surface area contributed by atoms with E-state index in [4.69, 9.17) is 4.55 Å². The van der Waals surface area contributed by atoms with Crippen molar-refractivity contribution >= 4 is 44.7 Å². The van der Waals surface area contributed by atoms with Crippen molar-refractivity contribution in [2.45, 2.75) is 47.5 Å². The van der Waals surface area contributed by atoms with Crippen molar-refractivity contribution in [2.24, 2.45) is 15.6 Å². The highest BCUT2D eigenvalue weighted by molar-refractivity contribution is 7.86. The van der Waals surface area contributed by atoms with E-state index in [1.54, 1.807) is 48.5 Å². The first-order valence-corrected chi connectivity index (χ1v) is 14.4. The van der Waals surface area contributed by atoms with Gasteiger partial charge in [0.15, 0.2) is 12.3 Å². The van der Waals surface area contributed by atoms with Gasteiger partial charge >= 0.3 is 0 Å². The zero-order chi connectivity index (χ0) is 28.4. The quantitative estimate of drug-likeness (QED) is 0.172. The zero-order valence-electron chi connectivity index (χ0n) is 22.9. The number of nitrogens with zero attached hydrogens (tertiary/aromatic N) is 3. The van der Waals surface area contributed by atoms with Gasteiger partial charge in [0, 0.05) is 11.4 Å². The van der Waals surface area contributed by atoms with E-state index in [0.717, 1.165) is 37.0 Å². The van der Waals surface area contributed by atoms with Crippen molar-refractivity contribution in [3.05, 3.63) is 48.5 Å². The topological polar surface area (TPSA) is 137 Å². The van der Waals surface area contributed by atoms with E-state index in [-0.39, 0.29) is 11.3 Å². The zero-order valence-corrected chi connectivity index (χ0v) is 23.7. The standard InChI is InChI=1S/C27H39N5O5S/c1-6-32(7-2,18-8-17-27(3,4)5)19-25(33)28-21-9-13-23(14-10-21)30-31-24-15-11-22(12-16-24)29-26(34)20-38(35,36)37/h9-16H,6-8,17-20H2,1-5H3,(H2-,28,29,30,31,33,34,35,36,37)/p+1. The molecule has 0 heterocycles. The molecular weight excluding hydrogens is 506 g/mol. The minimum absolute atomic E-state index is 0.0115. The van der Waals surface area contributed by atoms with Crippen LogP contribution < -0.4 is 10.6 Å². The average molecular weight is 547 g/mol. The number of carbonyl (C=O) groups is 2. The number of benzene rings is 2. The molecular formula is C27H40N5O5S+. The average Bonchev–Trinajstić information content (AvgIpc) is 2.82. The van der Waals surface area contributed by atoms with Gasteiger partial charge in [-0.25, -0.2) is 0 Å². The van der Waals surface area contributed by atoms with Gasteiger partial charge in [0.2, 0.25) is 5.91 Å². The number of quaternary nitrogens is 1. The molecule has 2 amide bonds. The summed E-state index contributed by atoms with van der Waals surface area (Å²) in [5.41, 5.74) is 2.46. The van der Waals surface area contributed by atoms with Gasteiger partial charge in [-0.1, -0.05) is 20.8 Å². The lowest BCUT2D eigenvalue weighted by Crippen LogP contribution is -2.52. The normalized spacial score (nSPS) is 12.5. The highest BCUT2D eigenvalue weighted by atomic mass is 32.2. The second-order valence-electron chi connectivity index (χ2n) is 10.6. The van der Waals surface area contributed by atoms with Crippen LogP contribution in [0.4, 0.5) is 22.7 Å². The first kappa shape index (κ1) is 31.1. The lowest BCUT2D eigenvalue weighted by Gasteiger charge is -2.37. The fourth-order valence-electron chi connectivity index (χ4n) is 3.99. The molecule has 11 heteroatoms. The summed E-state index contributed by atoms with van der Waals surface area (Å²) in [5.74, 6) is -1.87. The fraction of sp³-hybridized carbons (Fsp3) is 0.481. The lowest BCUT2D eigenvalue weighted by atomic mass is 9.90. The summed E-state index contributed by atoms with van der Waals surface area (Å²) >= 11 is 0. The van der Waals surface area contributed by atoms with Crippen LogP contribution in [0, 0.1) is 5.41 Å². The SMILES string of the molecule is CC[N+](CC)(CCCC(C)(C)C)CC(=O)Nc1ccc(N=Nc2ccc(NC(=O)CS(=O)(=O)O)cc2)cc1. The predicted molar refractivity (Wildman–Crippen MR) is 151 cm³/mol. The van der Waals surface area contributed by atoms with Crippen LogP contribution in [0.2, 0.25) is 0 Å². The van der Waals surface area contributed by atoms with Gasteiger partial charge in [-0.2, -0.15) is 18.6 Å². The van der Waals surface area contributed by atoms with Gasteiger partial charge in [0.25, 0.3) is 16.0 Å². The second-order valence-corrected chi connectivity index (χ2v) is 12.1. The number of anilines is 2. The number of carbonyl (C=O) groups excluding carboxylic acids is 2. The highest BCUT2D eigenvalue weighted by Gasteiger charge is 2.27. The second kappa shape index (κ2) is 13.6. The number of nitrogens with one attached hydrogen (secondary N) is 2. The van der Waals surface area contributed by atoms with Crippen LogP contribution in [0.25, 0.3) is 0 Å². The van der Waals surface area contributed by atoms with Gasteiger partial charge in [0.1, 0.15) is 0 Å². The maximum Gasteiger partial charge on any atom is 0.279 e. The molecule has 2 aromatic rings. The molecule has 0 radical (unpaired) electrons. The molecule has 3 N–H and O–H groups in total. The Labute approximate surface area is 225 Å². The van der Waals surface area contributed by atoms with E-state index in [9.17, 15) is 18.0 Å². The monoisotopic (exact) mass is 546 g/mol. The molecule has 208 valence electrons. The summed E-state index contributed by atoms with van der Waals surface area (Å²) in [4.78, 5) is 24.4. The number of azo groups is 1. The van der Waals surface area contributed by atoms with Gasteiger partial charge in [-0.05, 0) is 80.6 Å². The van der Waals surface area contributed by atoms with Crippen LogP contribution in [0.3, 0.4) is 0 Å². The molecule has 0 spiro atoms. The van der Waals surface area contributed by atoms with Gasteiger partial charge in [-0.15, -0.1) is 0 Å². The van der Waals surface area contributed by atoms with Crippen LogP contribution in [0.15, 0.2) is 58.8 Å². The van der Waals surface area contributed by atoms with E-state index in [1.807, 2.05) is 0 Å². The van der Waals surface area contributed by atoms with E-state index in [0.29, 0.717) is 29.3 Å². The van der Waals surface area contributed by atoms with Gasteiger partial charge in [0.05, 0.1) is 31.0 Å². The van der Waals surface area contributed by atoms with Crippen molar-refractivity contribution in [1.29, 1.82) is 0 Å². The van der Waals surface area contributed by atoms with Gasteiger partial charge < -0.3 is 15.1 Å². The highest BCUT2D eigenvalue weighted by Crippen LogP contribution is 2.24. The minimum Gasteiger partial charge on any atom is -0.325 e. The number of rotatable bonds is 13. The molecule has 0 bridgehead atoms. The third-order valence-electron chi connectivity index (χ3n) is 6.28. The maximum absolute atomic E-state index is 12.8. The third-order valence-corrected chi connectivity index (χ3v) is 6.90. The molecule has 0 saturated heterocycles. The Hall–Kier alpha value is -3.15. The van der Waals surface area contributed by atoms with Crippen LogP contribution >= 0.6 is 0 Å². The molecule has 0 fully saturated rings. The van der Waals surface area contributed by atoms with Crippen molar-refractivity contribution in [2.75, 3.05) is 42.6 Å². The van der Waals surface area contributed by atoms with E-state index >= 15 is 0 Å². The van der Waals surface area contributed by atoms with Crippen molar-refractivity contribution in [1.82, 2.24) is 0 Å². The Balaban J connectivity index is 1.92. The van der Waals surface area contributed by atoms with Crippen molar-refractivity contribution in [3.8, 4) is 0 Å². The van der Waals surface area contributed by atoms with Crippen LogP contribution in [-0.4, -0.2) is 61.2 Å². The Morgan fingerprint density at radius 2 is 1.29 bits per heavy atom. The Kier molecular flexibility index (Phi) is 11.1. The predicted octanol–water partition coefficient (Wildman–Crippen LogP) is 5.55. The molecule has 38 heavy (non-hydrogen) atoms. The molecule has 0 aliphatic rings.